The fourth-order valence-corrected chi connectivity index (χ4v) is 1.78. The lowest BCUT2D eigenvalue weighted by Crippen LogP contribution is -2.40. The van der Waals surface area contributed by atoms with Crippen LogP contribution in [-0.4, -0.2) is 23.0 Å². The molecule has 0 saturated carbocycles. The van der Waals surface area contributed by atoms with Crippen molar-refractivity contribution in [2.45, 2.75) is 12.5 Å². The fourth-order valence-electron chi connectivity index (χ4n) is 1.78. The van der Waals surface area contributed by atoms with Crippen molar-refractivity contribution in [2.24, 2.45) is 0 Å². The van der Waals surface area contributed by atoms with Crippen molar-refractivity contribution in [1.29, 1.82) is 0 Å². The van der Waals surface area contributed by atoms with Crippen molar-refractivity contribution in [3.05, 3.63) is 48.7 Å². The summed E-state index contributed by atoms with van der Waals surface area (Å²) < 4.78 is 5.24. The van der Waals surface area contributed by atoms with Crippen molar-refractivity contribution < 1.29 is 19.1 Å². The van der Waals surface area contributed by atoms with Gasteiger partial charge in [0.1, 0.15) is 17.9 Å². The Hall–Kier alpha value is -2.56. The third-order valence-corrected chi connectivity index (χ3v) is 2.73. The third-order valence-electron chi connectivity index (χ3n) is 2.73. The van der Waals surface area contributed by atoms with Gasteiger partial charge in [-0.3, -0.25) is 4.79 Å². The molecule has 2 N–H and O–H groups in total. The van der Waals surface area contributed by atoms with Crippen molar-refractivity contribution in [1.82, 2.24) is 5.32 Å². The van der Waals surface area contributed by atoms with E-state index in [0.29, 0.717) is 16.5 Å². The Morgan fingerprint density at radius 1 is 1.42 bits per heavy atom. The molecule has 0 bridgehead atoms. The van der Waals surface area contributed by atoms with Crippen LogP contribution in [0.1, 0.15) is 16.8 Å². The van der Waals surface area contributed by atoms with Gasteiger partial charge in [-0.25, -0.2) is 4.79 Å². The zero-order chi connectivity index (χ0) is 13.8. The SMILES string of the molecule is C=CCC(NC(=O)c1coc2ccccc12)C(=O)O. The van der Waals surface area contributed by atoms with Gasteiger partial charge in [0.25, 0.3) is 5.91 Å². The molecule has 0 fully saturated rings. The van der Waals surface area contributed by atoms with E-state index in [1.165, 1.54) is 12.3 Å². The molecular formula is C14H13NO4. The number of benzene rings is 1. The lowest BCUT2D eigenvalue weighted by molar-refractivity contribution is -0.139. The van der Waals surface area contributed by atoms with Crippen LogP contribution in [-0.2, 0) is 4.79 Å². The molecule has 19 heavy (non-hydrogen) atoms. The number of fused-ring (bicyclic) bond motifs is 1. The summed E-state index contributed by atoms with van der Waals surface area (Å²) in [5.41, 5.74) is 0.911. The van der Waals surface area contributed by atoms with E-state index in [2.05, 4.69) is 11.9 Å². The van der Waals surface area contributed by atoms with Crippen LogP contribution in [0.4, 0.5) is 0 Å². The maximum absolute atomic E-state index is 12.0. The highest BCUT2D eigenvalue weighted by atomic mass is 16.4. The van der Waals surface area contributed by atoms with E-state index in [9.17, 15) is 9.59 Å². The molecule has 5 nitrogen and oxygen atoms in total. The predicted molar refractivity (Wildman–Crippen MR) is 69.9 cm³/mol. The van der Waals surface area contributed by atoms with Crippen LogP contribution in [0.15, 0.2) is 47.6 Å². The maximum atomic E-state index is 12.0. The molecule has 0 spiro atoms. The van der Waals surface area contributed by atoms with E-state index in [1.54, 1.807) is 24.3 Å². The fraction of sp³-hybridized carbons (Fsp3) is 0.143. The van der Waals surface area contributed by atoms with Crippen LogP contribution < -0.4 is 5.32 Å². The first-order valence-corrected chi connectivity index (χ1v) is 5.74. The van der Waals surface area contributed by atoms with E-state index in [4.69, 9.17) is 9.52 Å². The molecule has 98 valence electrons. The number of hydrogen-bond donors (Lipinski definition) is 2. The number of amides is 1. The van der Waals surface area contributed by atoms with Crippen molar-refractivity contribution in [3.8, 4) is 0 Å². The molecule has 0 aliphatic heterocycles. The monoisotopic (exact) mass is 259 g/mol. The van der Waals surface area contributed by atoms with Gasteiger partial charge in [-0.2, -0.15) is 0 Å². The van der Waals surface area contributed by atoms with E-state index >= 15 is 0 Å². The molecule has 1 atom stereocenters. The number of carbonyl (C=O) groups excluding carboxylic acids is 1. The Morgan fingerprint density at radius 2 is 2.16 bits per heavy atom. The second-order valence-electron chi connectivity index (χ2n) is 4.03. The topological polar surface area (TPSA) is 79.5 Å². The normalized spacial score (nSPS) is 12.0. The molecule has 0 aliphatic rings. The molecule has 1 aromatic heterocycles. The number of aliphatic carboxylic acids is 1. The number of rotatable bonds is 5. The van der Waals surface area contributed by atoms with E-state index in [1.807, 2.05) is 0 Å². The molecule has 2 aromatic rings. The van der Waals surface area contributed by atoms with Gasteiger partial charge in [0.15, 0.2) is 0 Å². The highest BCUT2D eigenvalue weighted by Gasteiger charge is 2.21. The van der Waals surface area contributed by atoms with E-state index in [-0.39, 0.29) is 6.42 Å². The van der Waals surface area contributed by atoms with Gasteiger partial charge in [-0.15, -0.1) is 6.58 Å². The van der Waals surface area contributed by atoms with Gasteiger partial charge in [0, 0.05) is 5.39 Å². The quantitative estimate of drug-likeness (QED) is 0.807. The smallest absolute Gasteiger partial charge is 0.326 e. The average molecular weight is 259 g/mol. The highest BCUT2D eigenvalue weighted by Crippen LogP contribution is 2.20. The Balaban J connectivity index is 2.24. The first-order chi connectivity index (χ1) is 9.13. The average Bonchev–Trinajstić information content (AvgIpc) is 2.81. The van der Waals surface area contributed by atoms with Crippen molar-refractivity contribution >= 4 is 22.8 Å². The number of nitrogens with one attached hydrogen (secondary N) is 1. The molecule has 5 heteroatoms. The zero-order valence-electron chi connectivity index (χ0n) is 10.1. The number of para-hydroxylation sites is 1. The van der Waals surface area contributed by atoms with Gasteiger partial charge < -0.3 is 14.8 Å². The molecule has 1 unspecified atom stereocenters. The van der Waals surface area contributed by atoms with Gasteiger partial charge in [0.05, 0.1) is 5.56 Å². The summed E-state index contributed by atoms with van der Waals surface area (Å²) in [7, 11) is 0. The minimum absolute atomic E-state index is 0.164. The molecule has 1 heterocycles. The number of carboxylic acid groups (broad SMARTS) is 1. The minimum Gasteiger partial charge on any atom is -0.480 e. The molecular weight excluding hydrogens is 246 g/mol. The van der Waals surface area contributed by atoms with Crippen molar-refractivity contribution in [2.75, 3.05) is 0 Å². The maximum Gasteiger partial charge on any atom is 0.326 e. The van der Waals surface area contributed by atoms with E-state index in [0.717, 1.165) is 0 Å². The van der Waals surface area contributed by atoms with Gasteiger partial charge >= 0.3 is 5.97 Å². The summed E-state index contributed by atoms with van der Waals surface area (Å²) in [6.45, 7) is 3.47. The summed E-state index contributed by atoms with van der Waals surface area (Å²) in [5.74, 6) is -1.57. The lowest BCUT2D eigenvalue weighted by Gasteiger charge is -2.11. The summed E-state index contributed by atoms with van der Waals surface area (Å²) in [6, 6.07) is 6.08. The lowest BCUT2D eigenvalue weighted by atomic mass is 10.1. The summed E-state index contributed by atoms with van der Waals surface area (Å²) >= 11 is 0. The highest BCUT2D eigenvalue weighted by molar-refractivity contribution is 6.06. The molecule has 2 rings (SSSR count). The Morgan fingerprint density at radius 3 is 2.84 bits per heavy atom. The van der Waals surface area contributed by atoms with Gasteiger partial charge in [-0.1, -0.05) is 24.3 Å². The first kappa shape index (κ1) is 12.9. The predicted octanol–water partition coefficient (Wildman–Crippen LogP) is 2.19. The Kier molecular flexibility index (Phi) is 3.66. The summed E-state index contributed by atoms with van der Waals surface area (Å²) in [4.78, 5) is 23.0. The number of carbonyl (C=O) groups is 2. The summed E-state index contributed by atoms with van der Waals surface area (Å²) in [6.07, 6.45) is 2.94. The van der Waals surface area contributed by atoms with E-state index < -0.39 is 17.9 Å². The number of carboxylic acids is 1. The third kappa shape index (κ3) is 2.65. The van der Waals surface area contributed by atoms with Crippen LogP contribution >= 0.6 is 0 Å². The molecule has 0 aliphatic carbocycles. The van der Waals surface area contributed by atoms with Gasteiger partial charge in [-0.05, 0) is 12.5 Å². The number of furan rings is 1. The van der Waals surface area contributed by atoms with Crippen LogP contribution in [0.3, 0.4) is 0 Å². The zero-order valence-corrected chi connectivity index (χ0v) is 10.1. The Labute approximate surface area is 109 Å². The van der Waals surface area contributed by atoms with Crippen LogP contribution in [0, 0.1) is 0 Å². The van der Waals surface area contributed by atoms with Crippen LogP contribution in [0.2, 0.25) is 0 Å². The minimum atomic E-state index is -1.10. The van der Waals surface area contributed by atoms with Crippen LogP contribution in [0.25, 0.3) is 11.0 Å². The molecule has 1 aromatic carbocycles. The largest absolute Gasteiger partial charge is 0.480 e. The number of hydrogen-bond acceptors (Lipinski definition) is 3. The molecule has 0 radical (unpaired) electrons. The second kappa shape index (κ2) is 5.39. The van der Waals surface area contributed by atoms with Gasteiger partial charge in [0.2, 0.25) is 0 Å². The first-order valence-electron chi connectivity index (χ1n) is 5.74. The summed E-state index contributed by atoms with van der Waals surface area (Å²) in [5, 5.41) is 12.1. The van der Waals surface area contributed by atoms with Crippen LogP contribution in [0.5, 0.6) is 0 Å². The van der Waals surface area contributed by atoms with Crippen molar-refractivity contribution in [3.63, 3.8) is 0 Å². The molecule has 1 amide bonds. The Bertz CT molecular complexity index is 629. The standard InChI is InChI=1S/C14H13NO4/c1-2-5-11(14(17)18)15-13(16)10-8-19-12-7-4-3-6-9(10)12/h2-4,6-8,11H,1,5H2,(H,15,16)(H,17,18). The second-order valence-corrected chi connectivity index (χ2v) is 4.03. The molecule has 0 saturated heterocycles.